The summed E-state index contributed by atoms with van der Waals surface area (Å²) in [6.07, 6.45) is 0.240. The Morgan fingerprint density at radius 1 is 1.08 bits per heavy atom. The first-order valence-corrected chi connectivity index (χ1v) is 9.21. The van der Waals surface area contributed by atoms with Crippen molar-refractivity contribution in [1.82, 2.24) is 0 Å². The van der Waals surface area contributed by atoms with Crippen LogP contribution in [-0.2, 0) is 14.3 Å². The van der Waals surface area contributed by atoms with Crippen molar-refractivity contribution < 1.29 is 14.3 Å². The van der Waals surface area contributed by atoms with Gasteiger partial charge in [-0.2, -0.15) is 0 Å². The van der Waals surface area contributed by atoms with Gasteiger partial charge in [-0.15, -0.1) is 11.8 Å². The van der Waals surface area contributed by atoms with E-state index >= 15 is 0 Å². The number of hydrogen-bond donors (Lipinski definition) is 1. The van der Waals surface area contributed by atoms with Crippen LogP contribution >= 0.6 is 23.4 Å². The van der Waals surface area contributed by atoms with Crippen molar-refractivity contribution in [1.29, 1.82) is 0 Å². The summed E-state index contributed by atoms with van der Waals surface area (Å²) in [5, 5.41) is 3.41. The highest BCUT2D eigenvalue weighted by Crippen LogP contribution is 2.21. The number of anilines is 1. The fraction of sp³-hybridized carbons (Fsp3) is 0.263. The lowest BCUT2D eigenvalue weighted by Gasteiger charge is -2.08. The van der Waals surface area contributed by atoms with Gasteiger partial charge in [0.25, 0.3) is 5.91 Å². The van der Waals surface area contributed by atoms with Crippen LogP contribution in [0.25, 0.3) is 0 Å². The molecule has 0 atom stereocenters. The molecule has 6 heteroatoms. The maximum atomic E-state index is 11.9. The van der Waals surface area contributed by atoms with E-state index < -0.39 is 5.97 Å². The molecule has 25 heavy (non-hydrogen) atoms. The fourth-order valence-electron chi connectivity index (χ4n) is 2.25. The van der Waals surface area contributed by atoms with Crippen LogP contribution < -0.4 is 5.32 Å². The molecule has 0 fully saturated rings. The van der Waals surface area contributed by atoms with E-state index in [1.807, 2.05) is 44.2 Å². The number of amides is 1. The van der Waals surface area contributed by atoms with Gasteiger partial charge in [0.1, 0.15) is 0 Å². The maximum Gasteiger partial charge on any atom is 0.307 e. The first-order valence-electron chi connectivity index (χ1n) is 7.84. The van der Waals surface area contributed by atoms with Gasteiger partial charge >= 0.3 is 5.97 Å². The third-order valence-corrected chi connectivity index (χ3v) is 4.52. The second-order valence-electron chi connectivity index (χ2n) is 5.64. The van der Waals surface area contributed by atoms with Crippen LogP contribution in [0.5, 0.6) is 0 Å². The Morgan fingerprint density at radius 3 is 2.36 bits per heavy atom. The number of carbonyl (C=O) groups is 2. The molecule has 0 spiro atoms. The second kappa shape index (κ2) is 9.49. The molecule has 2 aromatic rings. The standard InChI is InChI=1S/C19H20ClNO3S/c1-13-9-14(2)11-16(10-13)21-18(22)12-24-19(23)7-8-25-17-5-3-15(20)4-6-17/h3-6,9-11H,7-8,12H2,1-2H3,(H,21,22). The van der Waals surface area contributed by atoms with Crippen molar-refractivity contribution in [3.05, 3.63) is 58.6 Å². The van der Waals surface area contributed by atoms with Gasteiger partial charge in [-0.3, -0.25) is 9.59 Å². The Balaban J connectivity index is 1.68. The number of carbonyl (C=O) groups excluding carboxylic acids is 2. The van der Waals surface area contributed by atoms with Crippen LogP contribution in [0.3, 0.4) is 0 Å². The normalized spacial score (nSPS) is 10.4. The average Bonchev–Trinajstić information content (AvgIpc) is 2.54. The summed E-state index contributed by atoms with van der Waals surface area (Å²) in [5.74, 6) is -0.153. The van der Waals surface area contributed by atoms with Crippen LogP contribution in [-0.4, -0.2) is 24.2 Å². The number of benzene rings is 2. The van der Waals surface area contributed by atoms with Gasteiger partial charge < -0.3 is 10.1 Å². The van der Waals surface area contributed by atoms with Crippen LogP contribution in [0, 0.1) is 13.8 Å². The molecule has 0 aliphatic rings. The number of esters is 1. The number of halogens is 1. The lowest BCUT2D eigenvalue weighted by Crippen LogP contribution is -2.21. The van der Waals surface area contributed by atoms with Crippen LogP contribution in [0.4, 0.5) is 5.69 Å². The smallest absolute Gasteiger partial charge is 0.307 e. The number of hydrogen-bond acceptors (Lipinski definition) is 4. The zero-order valence-corrected chi connectivity index (χ0v) is 15.7. The first kappa shape index (κ1) is 19.3. The molecule has 4 nitrogen and oxygen atoms in total. The molecular weight excluding hydrogens is 358 g/mol. The molecule has 0 radical (unpaired) electrons. The Kier molecular flexibility index (Phi) is 7.34. The summed E-state index contributed by atoms with van der Waals surface area (Å²) in [6.45, 7) is 3.64. The molecule has 2 aromatic carbocycles. The van der Waals surface area contributed by atoms with E-state index in [9.17, 15) is 9.59 Å². The summed E-state index contributed by atoms with van der Waals surface area (Å²) in [7, 11) is 0. The predicted molar refractivity (Wildman–Crippen MR) is 102 cm³/mol. The molecule has 0 aliphatic heterocycles. The molecule has 2 rings (SSSR count). The lowest BCUT2D eigenvalue weighted by atomic mass is 10.1. The zero-order valence-electron chi connectivity index (χ0n) is 14.2. The number of nitrogens with one attached hydrogen (secondary N) is 1. The van der Waals surface area contributed by atoms with Gasteiger partial charge in [0.2, 0.25) is 0 Å². The highest BCUT2D eigenvalue weighted by molar-refractivity contribution is 7.99. The van der Waals surface area contributed by atoms with E-state index in [0.29, 0.717) is 16.5 Å². The number of rotatable bonds is 7. The van der Waals surface area contributed by atoms with Crippen molar-refractivity contribution in [2.45, 2.75) is 25.2 Å². The Hall–Kier alpha value is -1.98. The van der Waals surface area contributed by atoms with Gasteiger partial charge in [-0.1, -0.05) is 17.7 Å². The molecule has 0 aliphatic carbocycles. The van der Waals surface area contributed by atoms with Gasteiger partial charge in [-0.25, -0.2) is 0 Å². The number of ether oxygens (including phenoxy) is 1. The van der Waals surface area contributed by atoms with Crippen molar-refractivity contribution >= 4 is 40.9 Å². The van der Waals surface area contributed by atoms with Crippen molar-refractivity contribution in [3.63, 3.8) is 0 Å². The highest BCUT2D eigenvalue weighted by Gasteiger charge is 2.09. The SMILES string of the molecule is Cc1cc(C)cc(NC(=O)COC(=O)CCSc2ccc(Cl)cc2)c1. The van der Waals surface area contributed by atoms with E-state index in [1.54, 1.807) is 12.1 Å². The maximum absolute atomic E-state index is 11.9. The van der Waals surface area contributed by atoms with Crippen LogP contribution in [0.15, 0.2) is 47.4 Å². The first-order chi connectivity index (χ1) is 11.9. The minimum atomic E-state index is -0.392. The molecular formula is C19H20ClNO3S. The molecule has 0 bridgehead atoms. The zero-order chi connectivity index (χ0) is 18.2. The summed E-state index contributed by atoms with van der Waals surface area (Å²) in [6, 6.07) is 13.2. The van der Waals surface area contributed by atoms with Gasteiger partial charge in [-0.05, 0) is 61.4 Å². The summed E-state index contributed by atoms with van der Waals surface area (Å²) in [5.41, 5.74) is 2.83. The van der Waals surface area contributed by atoms with Crippen LogP contribution in [0.2, 0.25) is 5.02 Å². The number of thioether (sulfide) groups is 1. The average molecular weight is 378 g/mol. The topological polar surface area (TPSA) is 55.4 Å². The summed E-state index contributed by atoms with van der Waals surface area (Å²) in [4.78, 5) is 24.6. The van der Waals surface area contributed by atoms with Crippen LogP contribution in [0.1, 0.15) is 17.5 Å². The highest BCUT2D eigenvalue weighted by atomic mass is 35.5. The number of aryl methyl sites for hydroxylation is 2. The van der Waals surface area contributed by atoms with Crippen molar-refractivity contribution in [2.24, 2.45) is 0 Å². The fourth-order valence-corrected chi connectivity index (χ4v) is 3.20. The predicted octanol–water partition coefficient (Wildman–Crippen LogP) is 4.62. The molecule has 1 N–H and O–H groups in total. The van der Waals surface area contributed by atoms with Gasteiger partial charge in [0.05, 0.1) is 6.42 Å². The molecule has 0 aromatic heterocycles. The third-order valence-electron chi connectivity index (χ3n) is 3.26. The van der Waals surface area contributed by atoms with E-state index in [4.69, 9.17) is 16.3 Å². The van der Waals surface area contributed by atoms with Gasteiger partial charge in [0, 0.05) is 21.4 Å². The molecule has 0 saturated carbocycles. The van der Waals surface area contributed by atoms with E-state index in [2.05, 4.69) is 5.32 Å². The molecule has 1 amide bonds. The Bertz CT molecular complexity index is 727. The quantitative estimate of drug-likeness (QED) is 0.565. The summed E-state index contributed by atoms with van der Waals surface area (Å²) < 4.78 is 5.01. The second-order valence-corrected chi connectivity index (χ2v) is 7.24. The monoisotopic (exact) mass is 377 g/mol. The molecule has 0 heterocycles. The van der Waals surface area contributed by atoms with Gasteiger partial charge in [0.15, 0.2) is 6.61 Å². The summed E-state index contributed by atoms with van der Waals surface area (Å²) >= 11 is 7.36. The van der Waals surface area contributed by atoms with E-state index in [1.165, 1.54) is 11.8 Å². The van der Waals surface area contributed by atoms with Crippen molar-refractivity contribution in [2.75, 3.05) is 17.7 Å². The Labute approximate surface area is 156 Å². The van der Waals surface area contributed by atoms with E-state index in [-0.39, 0.29) is 18.9 Å². The molecule has 0 unspecified atom stereocenters. The minimum absolute atomic E-state index is 0.240. The third kappa shape index (κ3) is 7.20. The van der Waals surface area contributed by atoms with E-state index in [0.717, 1.165) is 16.0 Å². The molecule has 0 saturated heterocycles. The molecule has 132 valence electrons. The van der Waals surface area contributed by atoms with Crippen molar-refractivity contribution in [3.8, 4) is 0 Å². The lowest BCUT2D eigenvalue weighted by molar-refractivity contribution is -0.146. The Morgan fingerprint density at radius 2 is 1.72 bits per heavy atom. The largest absolute Gasteiger partial charge is 0.456 e. The minimum Gasteiger partial charge on any atom is -0.456 e.